The lowest BCUT2D eigenvalue weighted by atomic mass is 10.1. The molecule has 2 aromatic rings. The van der Waals surface area contributed by atoms with Crippen molar-refractivity contribution in [1.29, 1.82) is 0 Å². The Morgan fingerprint density at radius 3 is 2.62 bits per heavy atom. The molecule has 0 radical (unpaired) electrons. The van der Waals surface area contributed by atoms with E-state index in [0.29, 0.717) is 12.6 Å². The van der Waals surface area contributed by atoms with Crippen molar-refractivity contribution in [1.82, 2.24) is 15.1 Å². The predicted molar refractivity (Wildman–Crippen MR) is 85.2 cm³/mol. The molecule has 2 atom stereocenters. The standard InChI is InChI=1S/C17H25N3O/c1-12(2)20-11-16(9-19-20)14(4)18-10-17(21)15-7-5-6-13(3)8-15/h5-9,11-12,14,17-18,21H,10H2,1-4H3/t14-,17+/m0/s1. The molecule has 0 spiro atoms. The van der Waals surface area contributed by atoms with Crippen molar-refractivity contribution < 1.29 is 5.11 Å². The Morgan fingerprint density at radius 1 is 1.24 bits per heavy atom. The molecular weight excluding hydrogens is 262 g/mol. The summed E-state index contributed by atoms with van der Waals surface area (Å²) < 4.78 is 1.95. The highest BCUT2D eigenvalue weighted by Crippen LogP contribution is 2.17. The third-order valence-corrected chi connectivity index (χ3v) is 3.69. The van der Waals surface area contributed by atoms with E-state index >= 15 is 0 Å². The number of hydrogen-bond acceptors (Lipinski definition) is 3. The summed E-state index contributed by atoms with van der Waals surface area (Å²) in [5, 5.41) is 18.0. The quantitative estimate of drug-likeness (QED) is 0.858. The summed E-state index contributed by atoms with van der Waals surface area (Å²) in [6, 6.07) is 8.52. The number of benzene rings is 1. The number of hydrogen-bond donors (Lipinski definition) is 2. The number of aryl methyl sites for hydroxylation is 1. The van der Waals surface area contributed by atoms with Crippen molar-refractivity contribution in [2.24, 2.45) is 0 Å². The van der Waals surface area contributed by atoms with E-state index in [9.17, 15) is 5.11 Å². The Labute approximate surface area is 126 Å². The molecular formula is C17H25N3O. The lowest BCUT2D eigenvalue weighted by molar-refractivity contribution is 0.170. The van der Waals surface area contributed by atoms with Gasteiger partial charge in [0.15, 0.2) is 0 Å². The Balaban J connectivity index is 1.92. The van der Waals surface area contributed by atoms with Gasteiger partial charge in [-0.3, -0.25) is 4.68 Å². The molecule has 0 aliphatic carbocycles. The second kappa shape index (κ2) is 6.87. The van der Waals surface area contributed by atoms with Crippen LogP contribution in [0.3, 0.4) is 0 Å². The van der Waals surface area contributed by atoms with E-state index in [1.807, 2.05) is 42.1 Å². The first kappa shape index (κ1) is 15.7. The first-order valence-corrected chi connectivity index (χ1v) is 7.49. The topological polar surface area (TPSA) is 50.1 Å². The summed E-state index contributed by atoms with van der Waals surface area (Å²) in [5.41, 5.74) is 3.26. The minimum Gasteiger partial charge on any atom is -0.387 e. The molecule has 0 fully saturated rings. The maximum atomic E-state index is 10.3. The van der Waals surface area contributed by atoms with Crippen molar-refractivity contribution in [3.63, 3.8) is 0 Å². The molecule has 114 valence electrons. The lowest BCUT2D eigenvalue weighted by Crippen LogP contribution is -2.24. The van der Waals surface area contributed by atoms with Gasteiger partial charge in [0.05, 0.1) is 12.3 Å². The number of nitrogens with zero attached hydrogens (tertiary/aromatic N) is 2. The lowest BCUT2D eigenvalue weighted by Gasteiger charge is -2.17. The van der Waals surface area contributed by atoms with Crippen LogP contribution >= 0.6 is 0 Å². The third kappa shape index (κ3) is 4.16. The van der Waals surface area contributed by atoms with E-state index in [0.717, 1.165) is 16.7 Å². The minimum absolute atomic E-state index is 0.164. The van der Waals surface area contributed by atoms with E-state index in [-0.39, 0.29) is 6.04 Å². The first-order chi connectivity index (χ1) is 9.97. The Morgan fingerprint density at radius 2 is 2.00 bits per heavy atom. The van der Waals surface area contributed by atoms with Crippen LogP contribution in [0.4, 0.5) is 0 Å². The molecule has 4 heteroatoms. The van der Waals surface area contributed by atoms with Crippen LogP contribution in [0, 0.1) is 6.92 Å². The average molecular weight is 287 g/mol. The molecule has 0 saturated heterocycles. The van der Waals surface area contributed by atoms with Crippen molar-refractivity contribution in [3.8, 4) is 0 Å². The second-order valence-corrected chi connectivity index (χ2v) is 5.91. The van der Waals surface area contributed by atoms with Crippen LogP contribution in [-0.4, -0.2) is 21.4 Å². The zero-order valence-electron chi connectivity index (χ0n) is 13.2. The Kier molecular flexibility index (Phi) is 5.15. The summed E-state index contributed by atoms with van der Waals surface area (Å²) in [6.07, 6.45) is 3.45. The molecule has 21 heavy (non-hydrogen) atoms. The zero-order chi connectivity index (χ0) is 15.4. The summed E-state index contributed by atoms with van der Waals surface area (Å²) in [6.45, 7) is 8.86. The molecule has 0 amide bonds. The highest BCUT2D eigenvalue weighted by molar-refractivity contribution is 5.24. The number of aliphatic hydroxyl groups is 1. The average Bonchev–Trinajstić information content (AvgIpc) is 2.94. The van der Waals surface area contributed by atoms with Gasteiger partial charge in [-0.1, -0.05) is 29.8 Å². The van der Waals surface area contributed by atoms with E-state index < -0.39 is 6.10 Å². The van der Waals surface area contributed by atoms with Gasteiger partial charge in [-0.05, 0) is 33.3 Å². The zero-order valence-corrected chi connectivity index (χ0v) is 13.2. The van der Waals surface area contributed by atoms with E-state index in [1.54, 1.807) is 0 Å². The van der Waals surface area contributed by atoms with Gasteiger partial charge in [0.2, 0.25) is 0 Å². The summed E-state index contributed by atoms with van der Waals surface area (Å²) in [7, 11) is 0. The van der Waals surface area contributed by atoms with E-state index in [1.165, 1.54) is 0 Å². The maximum Gasteiger partial charge on any atom is 0.0914 e. The van der Waals surface area contributed by atoms with Crippen molar-refractivity contribution in [3.05, 3.63) is 53.3 Å². The smallest absolute Gasteiger partial charge is 0.0914 e. The Bertz CT molecular complexity index is 577. The molecule has 1 aromatic heterocycles. The maximum absolute atomic E-state index is 10.3. The van der Waals surface area contributed by atoms with Crippen molar-refractivity contribution in [2.75, 3.05) is 6.54 Å². The van der Waals surface area contributed by atoms with E-state index in [4.69, 9.17) is 0 Å². The summed E-state index contributed by atoms with van der Waals surface area (Å²) in [4.78, 5) is 0. The predicted octanol–water partition coefficient (Wildman–Crippen LogP) is 3.16. The second-order valence-electron chi connectivity index (χ2n) is 5.91. The largest absolute Gasteiger partial charge is 0.387 e. The van der Waals surface area contributed by atoms with Gasteiger partial charge in [0, 0.05) is 30.4 Å². The van der Waals surface area contributed by atoms with Gasteiger partial charge in [-0.15, -0.1) is 0 Å². The molecule has 2 rings (SSSR count). The highest BCUT2D eigenvalue weighted by atomic mass is 16.3. The van der Waals surface area contributed by atoms with Gasteiger partial charge in [-0.25, -0.2) is 0 Å². The Hall–Kier alpha value is -1.65. The molecule has 1 heterocycles. The normalized spacial score (nSPS) is 14.4. The number of aliphatic hydroxyl groups excluding tert-OH is 1. The van der Waals surface area contributed by atoms with Gasteiger partial charge in [-0.2, -0.15) is 5.10 Å². The molecule has 0 aliphatic heterocycles. The fourth-order valence-electron chi connectivity index (χ4n) is 2.26. The molecule has 0 bridgehead atoms. The first-order valence-electron chi connectivity index (χ1n) is 7.49. The fourth-order valence-corrected chi connectivity index (χ4v) is 2.26. The molecule has 1 aromatic carbocycles. The molecule has 2 N–H and O–H groups in total. The molecule has 0 aliphatic rings. The van der Waals surface area contributed by atoms with Crippen LogP contribution < -0.4 is 5.32 Å². The third-order valence-electron chi connectivity index (χ3n) is 3.69. The van der Waals surface area contributed by atoms with Crippen LogP contribution in [0.2, 0.25) is 0 Å². The summed E-state index contributed by atoms with van der Waals surface area (Å²) in [5.74, 6) is 0. The fraction of sp³-hybridized carbons (Fsp3) is 0.471. The minimum atomic E-state index is -0.493. The summed E-state index contributed by atoms with van der Waals surface area (Å²) >= 11 is 0. The number of rotatable bonds is 6. The van der Waals surface area contributed by atoms with Crippen LogP contribution in [-0.2, 0) is 0 Å². The van der Waals surface area contributed by atoms with Gasteiger partial charge >= 0.3 is 0 Å². The van der Waals surface area contributed by atoms with Crippen molar-refractivity contribution in [2.45, 2.75) is 45.9 Å². The molecule has 0 saturated carbocycles. The molecule has 4 nitrogen and oxygen atoms in total. The number of aromatic nitrogens is 2. The van der Waals surface area contributed by atoms with Crippen LogP contribution in [0.15, 0.2) is 36.7 Å². The van der Waals surface area contributed by atoms with Gasteiger partial charge in [0.1, 0.15) is 0 Å². The van der Waals surface area contributed by atoms with E-state index in [2.05, 4.69) is 37.4 Å². The SMILES string of the molecule is Cc1cccc([C@H](O)CN[C@@H](C)c2cnn(C(C)C)c2)c1. The van der Waals surface area contributed by atoms with Crippen LogP contribution in [0.5, 0.6) is 0 Å². The monoisotopic (exact) mass is 287 g/mol. The van der Waals surface area contributed by atoms with Gasteiger partial charge in [0.25, 0.3) is 0 Å². The van der Waals surface area contributed by atoms with Crippen LogP contribution in [0.25, 0.3) is 0 Å². The highest BCUT2D eigenvalue weighted by Gasteiger charge is 2.12. The molecule has 0 unspecified atom stereocenters. The van der Waals surface area contributed by atoms with Gasteiger partial charge < -0.3 is 10.4 Å². The van der Waals surface area contributed by atoms with Crippen LogP contribution in [0.1, 0.15) is 55.6 Å². The van der Waals surface area contributed by atoms with Crippen molar-refractivity contribution >= 4 is 0 Å². The number of nitrogens with one attached hydrogen (secondary N) is 1.